The van der Waals surface area contributed by atoms with Crippen molar-refractivity contribution in [1.29, 1.82) is 0 Å². The highest BCUT2D eigenvalue weighted by atomic mass is 35.5. The number of hydrogen-bond acceptors (Lipinski definition) is 6. The van der Waals surface area contributed by atoms with Gasteiger partial charge in [-0.3, -0.25) is 4.79 Å². The number of rotatable bonds is 4. The van der Waals surface area contributed by atoms with Crippen LogP contribution in [0, 0.1) is 5.41 Å². The summed E-state index contributed by atoms with van der Waals surface area (Å²) >= 11 is 6.51. The van der Waals surface area contributed by atoms with Gasteiger partial charge in [0.25, 0.3) is 0 Å². The SMILES string of the molecule is CC(C)NC(=O)Oc1cnc(N2CCC[C@@]3(CCN(C4CCOCC4)C3=O)C2)c(Cl)c1. The van der Waals surface area contributed by atoms with Crippen molar-refractivity contribution in [2.24, 2.45) is 5.41 Å². The van der Waals surface area contributed by atoms with E-state index in [9.17, 15) is 9.59 Å². The summed E-state index contributed by atoms with van der Waals surface area (Å²) in [6.45, 7) is 7.41. The molecule has 3 saturated heterocycles. The molecule has 4 heterocycles. The number of aromatic nitrogens is 1. The number of likely N-dealkylation sites (tertiary alicyclic amines) is 1. The van der Waals surface area contributed by atoms with Gasteiger partial charge in [-0.1, -0.05) is 11.6 Å². The molecule has 0 unspecified atom stereocenters. The van der Waals surface area contributed by atoms with Crippen LogP contribution >= 0.6 is 11.6 Å². The Morgan fingerprint density at radius 1 is 1.32 bits per heavy atom. The number of nitrogens with zero attached hydrogens (tertiary/aromatic N) is 3. The second-order valence-corrected chi connectivity index (χ2v) is 9.47. The highest BCUT2D eigenvalue weighted by Gasteiger charge is 2.50. The molecule has 4 rings (SSSR count). The van der Waals surface area contributed by atoms with Crippen molar-refractivity contribution in [1.82, 2.24) is 15.2 Å². The maximum atomic E-state index is 13.4. The van der Waals surface area contributed by atoms with Crippen molar-refractivity contribution < 1.29 is 19.1 Å². The fraction of sp³-hybridized carbons (Fsp3) is 0.682. The van der Waals surface area contributed by atoms with E-state index in [-0.39, 0.29) is 17.4 Å². The quantitative estimate of drug-likeness (QED) is 0.758. The third kappa shape index (κ3) is 4.75. The second-order valence-electron chi connectivity index (χ2n) is 9.06. The van der Waals surface area contributed by atoms with Gasteiger partial charge in [0, 0.05) is 51.0 Å². The summed E-state index contributed by atoms with van der Waals surface area (Å²) in [5.74, 6) is 1.20. The zero-order chi connectivity index (χ0) is 22.0. The first-order chi connectivity index (χ1) is 14.9. The van der Waals surface area contributed by atoms with E-state index in [2.05, 4.69) is 20.1 Å². The molecule has 170 valence electrons. The van der Waals surface area contributed by atoms with E-state index in [1.54, 1.807) is 6.07 Å². The number of hydrogen-bond donors (Lipinski definition) is 1. The van der Waals surface area contributed by atoms with E-state index in [0.717, 1.165) is 58.4 Å². The number of ether oxygens (including phenoxy) is 2. The molecule has 0 aliphatic carbocycles. The van der Waals surface area contributed by atoms with Crippen molar-refractivity contribution in [2.45, 2.75) is 58.0 Å². The fourth-order valence-corrected chi connectivity index (χ4v) is 5.23. The molecule has 3 fully saturated rings. The molecule has 1 aromatic rings. The molecular weight excluding hydrogens is 420 g/mol. The minimum Gasteiger partial charge on any atom is -0.409 e. The molecule has 0 bridgehead atoms. The molecule has 31 heavy (non-hydrogen) atoms. The standard InChI is InChI=1S/C22H31ClN4O4/c1-15(2)25-21(29)31-17-12-18(23)19(24-13-17)26-8-3-6-22(14-26)7-9-27(20(22)28)16-4-10-30-11-5-16/h12-13,15-16H,3-11,14H2,1-2H3,(H,25,29)/t22-/m1/s1. The van der Waals surface area contributed by atoms with Gasteiger partial charge in [0.05, 0.1) is 16.6 Å². The molecule has 0 radical (unpaired) electrons. The molecule has 9 heteroatoms. The maximum absolute atomic E-state index is 13.4. The van der Waals surface area contributed by atoms with Gasteiger partial charge < -0.3 is 24.6 Å². The molecule has 1 spiro atoms. The third-order valence-electron chi connectivity index (χ3n) is 6.47. The lowest BCUT2D eigenvalue weighted by molar-refractivity contribution is -0.139. The van der Waals surface area contributed by atoms with E-state index in [1.807, 2.05) is 13.8 Å². The summed E-state index contributed by atoms with van der Waals surface area (Å²) < 4.78 is 10.7. The number of halogens is 1. The first kappa shape index (κ1) is 22.1. The fourth-order valence-electron chi connectivity index (χ4n) is 4.96. The average Bonchev–Trinajstić information content (AvgIpc) is 3.03. The maximum Gasteiger partial charge on any atom is 0.412 e. The molecule has 3 aliphatic rings. The van der Waals surface area contributed by atoms with E-state index in [0.29, 0.717) is 29.2 Å². The lowest BCUT2D eigenvalue weighted by atomic mass is 9.78. The topological polar surface area (TPSA) is 84.0 Å². The van der Waals surface area contributed by atoms with Crippen LogP contribution in [0.2, 0.25) is 5.02 Å². The average molecular weight is 451 g/mol. The van der Waals surface area contributed by atoms with Gasteiger partial charge in [0.1, 0.15) is 5.82 Å². The van der Waals surface area contributed by atoms with Crippen LogP contribution in [0.15, 0.2) is 12.3 Å². The van der Waals surface area contributed by atoms with Crippen LogP contribution in [0.5, 0.6) is 5.75 Å². The lowest BCUT2D eigenvalue weighted by Crippen LogP contribution is -2.50. The Labute approximate surface area is 188 Å². The summed E-state index contributed by atoms with van der Waals surface area (Å²) in [5, 5.41) is 3.08. The van der Waals surface area contributed by atoms with Gasteiger partial charge in [-0.15, -0.1) is 0 Å². The minimum atomic E-state index is -0.540. The van der Waals surface area contributed by atoms with Crippen LogP contribution in [0.25, 0.3) is 0 Å². The van der Waals surface area contributed by atoms with Crippen LogP contribution in [-0.2, 0) is 9.53 Å². The Hall–Kier alpha value is -2.06. The van der Waals surface area contributed by atoms with Crippen LogP contribution in [0.4, 0.5) is 10.6 Å². The van der Waals surface area contributed by atoms with Gasteiger partial charge in [0.15, 0.2) is 5.75 Å². The highest BCUT2D eigenvalue weighted by Crippen LogP contribution is 2.43. The predicted octanol–water partition coefficient (Wildman–Crippen LogP) is 3.23. The third-order valence-corrected chi connectivity index (χ3v) is 6.75. The number of anilines is 1. The molecule has 1 N–H and O–H groups in total. The largest absolute Gasteiger partial charge is 0.412 e. The molecule has 1 aromatic heterocycles. The summed E-state index contributed by atoms with van der Waals surface area (Å²) in [6.07, 6.45) is 5.50. The van der Waals surface area contributed by atoms with Crippen LogP contribution in [0.1, 0.15) is 46.0 Å². The van der Waals surface area contributed by atoms with Crippen LogP contribution < -0.4 is 15.0 Å². The van der Waals surface area contributed by atoms with Crippen molar-refractivity contribution in [2.75, 3.05) is 37.7 Å². The normalized spacial score (nSPS) is 24.8. The van der Waals surface area contributed by atoms with E-state index < -0.39 is 6.09 Å². The number of amides is 2. The van der Waals surface area contributed by atoms with Crippen molar-refractivity contribution in [3.8, 4) is 5.75 Å². The van der Waals surface area contributed by atoms with Crippen LogP contribution in [0.3, 0.4) is 0 Å². The van der Waals surface area contributed by atoms with Gasteiger partial charge in [0.2, 0.25) is 5.91 Å². The Morgan fingerprint density at radius 2 is 2.10 bits per heavy atom. The molecule has 2 amide bonds. The summed E-state index contributed by atoms with van der Waals surface area (Å²) in [6, 6.07) is 1.88. The van der Waals surface area contributed by atoms with Gasteiger partial charge in [-0.25, -0.2) is 9.78 Å². The Morgan fingerprint density at radius 3 is 2.81 bits per heavy atom. The van der Waals surface area contributed by atoms with Gasteiger partial charge >= 0.3 is 6.09 Å². The zero-order valence-corrected chi connectivity index (χ0v) is 19.0. The number of nitrogens with one attached hydrogen (secondary N) is 1. The number of piperidine rings is 1. The number of pyridine rings is 1. The second kappa shape index (κ2) is 9.20. The first-order valence-corrected chi connectivity index (χ1v) is 11.5. The molecule has 0 saturated carbocycles. The lowest BCUT2D eigenvalue weighted by Gasteiger charge is -2.41. The zero-order valence-electron chi connectivity index (χ0n) is 18.2. The molecular formula is C22H31ClN4O4. The van der Waals surface area contributed by atoms with Crippen molar-refractivity contribution in [3.05, 3.63) is 17.3 Å². The van der Waals surface area contributed by atoms with Crippen LogP contribution in [-0.4, -0.2) is 66.8 Å². The molecule has 8 nitrogen and oxygen atoms in total. The Kier molecular flexibility index (Phi) is 6.57. The van der Waals surface area contributed by atoms with E-state index in [4.69, 9.17) is 21.1 Å². The van der Waals surface area contributed by atoms with E-state index in [1.165, 1.54) is 6.20 Å². The molecule has 0 aromatic carbocycles. The summed E-state index contributed by atoms with van der Waals surface area (Å²) in [5.41, 5.74) is -0.367. The summed E-state index contributed by atoms with van der Waals surface area (Å²) in [4.78, 5) is 33.9. The highest BCUT2D eigenvalue weighted by molar-refractivity contribution is 6.33. The first-order valence-electron chi connectivity index (χ1n) is 11.2. The monoisotopic (exact) mass is 450 g/mol. The van der Waals surface area contributed by atoms with Crippen molar-refractivity contribution >= 4 is 29.4 Å². The number of carbonyl (C=O) groups excluding carboxylic acids is 2. The van der Waals surface area contributed by atoms with Gasteiger partial charge in [-0.2, -0.15) is 0 Å². The molecule has 1 atom stereocenters. The van der Waals surface area contributed by atoms with E-state index >= 15 is 0 Å². The number of carbonyl (C=O) groups is 2. The Balaban J connectivity index is 1.45. The minimum absolute atomic E-state index is 0.0237. The predicted molar refractivity (Wildman–Crippen MR) is 118 cm³/mol. The Bertz CT molecular complexity index is 830. The van der Waals surface area contributed by atoms with Crippen molar-refractivity contribution in [3.63, 3.8) is 0 Å². The smallest absolute Gasteiger partial charge is 0.409 e. The molecule has 3 aliphatic heterocycles. The summed E-state index contributed by atoms with van der Waals surface area (Å²) in [7, 11) is 0. The van der Waals surface area contributed by atoms with Gasteiger partial charge in [-0.05, 0) is 46.0 Å².